The van der Waals surface area contributed by atoms with Gasteiger partial charge in [-0.05, 0) is 212 Å². The molecule has 7 N–H and O–H groups in total. The van der Waals surface area contributed by atoms with Crippen LogP contribution in [0.4, 0.5) is 0 Å². The van der Waals surface area contributed by atoms with E-state index in [1.165, 1.54) is 87.7 Å². The van der Waals surface area contributed by atoms with Crippen LogP contribution in [0.5, 0.6) is 0 Å². The van der Waals surface area contributed by atoms with Crippen LogP contribution >= 0.6 is 0 Å². The Bertz CT molecular complexity index is 4840. The molecule has 3 aromatic rings. The van der Waals surface area contributed by atoms with Gasteiger partial charge in [-0.3, -0.25) is 52.7 Å². The van der Waals surface area contributed by atoms with Crippen LogP contribution in [-0.4, -0.2) is 259 Å². The number of H-pyrrole nitrogens is 2. The maximum absolute atomic E-state index is 15.1. The third kappa shape index (κ3) is 27.7. The second-order valence-electron chi connectivity index (χ2n) is 36.8. The molecule has 8 bridgehead atoms. The van der Waals surface area contributed by atoms with Crippen LogP contribution in [0.1, 0.15) is 241 Å². The van der Waals surface area contributed by atoms with Crippen LogP contribution in [0, 0.1) is 55.3 Å². The summed E-state index contributed by atoms with van der Waals surface area (Å²) in [5, 5.41) is 45.9. The number of aromatic nitrogens is 4. The number of nitrogens with zero attached hydrogens (tertiary/aromatic N) is 9. The molecule has 6 heterocycles. The number of aryl methyl sites for hydroxylation is 2. The maximum atomic E-state index is 15.1. The number of nitrogens with one attached hydrogen (secondary N) is 6. The third-order valence-electron chi connectivity index (χ3n) is 24.3. The average molecular weight is 1820 g/mol. The summed E-state index contributed by atoms with van der Waals surface area (Å²) < 4.78 is 0. The minimum Gasteiger partial charge on any atom is -0.550 e. The van der Waals surface area contributed by atoms with Gasteiger partial charge in [-0.2, -0.15) is 0 Å². The van der Waals surface area contributed by atoms with E-state index < -0.39 is 168 Å². The molecule has 128 heavy (non-hydrogen) atoms. The Morgan fingerprint density at radius 2 is 0.891 bits per heavy atom. The molecule has 0 unspecified atom stereocenters. The van der Waals surface area contributed by atoms with Crippen molar-refractivity contribution < 1.29 is 94.4 Å². The van der Waals surface area contributed by atoms with E-state index in [1.807, 2.05) is 120 Å². The van der Waals surface area contributed by atoms with E-state index in [1.54, 1.807) is 60.6 Å². The predicted octanol–water partition coefficient (Wildman–Crippen LogP) is 8.41. The third-order valence-corrected chi connectivity index (χ3v) is 24.3. The number of rotatable bonds is 23. The number of aromatic amines is 2. The van der Waals surface area contributed by atoms with Gasteiger partial charge < -0.3 is 90.4 Å². The Kier molecular flexibility index (Phi) is 41.7. The molecule has 707 valence electrons. The van der Waals surface area contributed by atoms with E-state index in [0.29, 0.717) is 29.2 Å². The van der Waals surface area contributed by atoms with Crippen molar-refractivity contribution in [1.29, 1.82) is 0 Å². The number of carboxylic acids is 2. The molecule has 0 spiro atoms. The molecule has 0 aromatic carbocycles. The average Bonchev–Trinajstić information content (AvgIpc) is 1.60. The van der Waals surface area contributed by atoms with Crippen molar-refractivity contribution in [3.63, 3.8) is 0 Å². The van der Waals surface area contributed by atoms with Crippen LogP contribution < -0.4 is 31.5 Å². The normalized spacial score (nSPS) is 22.1. The Morgan fingerprint density at radius 1 is 0.484 bits per heavy atom. The number of fused-ring (bicyclic) bond motifs is 8. The summed E-state index contributed by atoms with van der Waals surface area (Å²) in [6.45, 7) is 45.3. The molecule has 11 amide bonds. The number of aliphatic carboxylic acids is 2. The summed E-state index contributed by atoms with van der Waals surface area (Å²) in [6, 6.07) is -4.55. The van der Waals surface area contributed by atoms with Crippen molar-refractivity contribution in [1.82, 2.24) is 75.5 Å². The second kappa shape index (κ2) is 48.7. The van der Waals surface area contributed by atoms with E-state index in [4.69, 9.17) is 9.97 Å². The first-order chi connectivity index (χ1) is 59.2. The van der Waals surface area contributed by atoms with Crippen molar-refractivity contribution in [3.05, 3.63) is 94.6 Å². The van der Waals surface area contributed by atoms with E-state index in [9.17, 15) is 68.1 Å². The van der Waals surface area contributed by atoms with Gasteiger partial charge in [0.05, 0.1) is 35.4 Å². The zero-order valence-corrected chi connectivity index (χ0v) is 81.7. The molecule has 1 fully saturated rings. The second-order valence-corrected chi connectivity index (χ2v) is 36.8. The van der Waals surface area contributed by atoms with Gasteiger partial charge in [-0.25, -0.2) is 9.97 Å². The SMILES string of the molecule is C/C=C/C[C@@H](C)[C@@H](O)[C@H]1C(=O)N[C@@H](CC)C(=O)N(C)CC(=O)N(C)[C@@H](CC(C)C)C(=O)N[C@@H](C(C)C)C(=O)N(C)[C@@H](CC(C)C)C(=O)N[C@@H](C)C(=O)N[C@H](C)C(=O)N(C)[C@@H](CC(C)C)C(=O)N(C)[C@@H](CC(C)C)C(=O)N(C)[C@@H](C(C)C)C(=O)N1C.C=Cc1c(C)c2cc3[nH]c(cc4nc(cc5nc(cc1[nH]2)C(C)=C5CCC(=O)[O-])C(CCC(=O)[O-])=C4C)c(C)c3C=C.[Co+2]. The Hall–Kier alpha value is -10.6. The minimum atomic E-state index is -1.61. The van der Waals surface area contributed by atoms with Crippen molar-refractivity contribution in [3.8, 4) is 0 Å². The van der Waals surface area contributed by atoms with E-state index in [-0.39, 0.29) is 98.2 Å². The summed E-state index contributed by atoms with van der Waals surface area (Å²) in [6.07, 6.45) is 6.83. The Labute approximate surface area is 767 Å². The minimum absolute atomic E-state index is 0. The van der Waals surface area contributed by atoms with Gasteiger partial charge >= 0.3 is 16.8 Å². The van der Waals surface area contributed by atoms with Gasteiger partial charge in [-0.15, -0.1) is 0 Å². The van der Waals surface area contributed by atoms with Gasteiger partial charge in [-0.1, -0.05) is 134 Å². The first-order valence-electron chi connectivity index (χ1n) is 44.4. The molecular weight excluding hydrogens is 1680 g/mol. The molecule has 6 rings (SSSR count). The monoisotopic (exact) mass is 1820 g/mol. The number of likely N-dealkylation sites (N-methyl/N-ethyl adjacent to an activating group) is 7. The molecule has 31 nitrogen and oxygen atoms in total. The largest absolute Gasteiger partial charge is 2.00 e. The predicted molar refractivity (Wildman–Crippen MR) is 493 cm³/mol. The molecule has 1 radical (unpaired) electrons. The van der Waals surface area contributed by atoms with Crippen LogP contribution in [-0.2, 0) is 79.1 Å². The van der Waals surface area contributed by atoms with Crippen molar-refractivity contribution in [2.45, 2.75) is 276 Å². The summed E-state index contributed by atoms with van der Waals surface area (Å²) in [5.74, 6) is -12.0. The number of hydrogen-bond acceptors (Lipinski definition) is 18. The summed E-state index contributed by atoms with van der Waals surface area (Å²) in [7, 11) is 9.92. The molecule has 0 saturated carbocycles. The number of allylic oxidation sites excluding steroid dienone is 6. The molecule has 0 aliphatic carbocycles. The van der Waals surface area contributed by atoms with Gasteiger partial charge in [0.25, 0.3) is 0 Å². The van der Waals surface area contributed by atoms with Gasteiger partial charge in [0.2, 0.25) is 65.0 Å². The molecule has 32 heteroatoms. The fraction of sp³-hybridized carbons (Fsp3) is 0.594. The number of hydrogen-bond donors (Lipinski definition) is 7. The first-order valence-corrected chi connectivity index (χ1v) is 44.4. The number of aliphatic hydroxyl groups excluding tert-OH is 1. The molecule has 3 aliphatic heterocycles. The Balaban J connectivity index is 0.000000658. The Morgan fingerprint density at radius 3 is 1.33 bits per heavy atom. The standard InChI is InChI=1S/C62H111N11O12.C34H34N4O4.Co/c1-25-27-28-40(15)52(75)51-56(79)65-43(26-2)58(81)67(18)33-48(74)68(19)44(29-34(3)4)55(78)66-49(38(11)12)61(84)69(20)45(30-35(5)6)54(77)63-41(16)53(76)64-42(17)57(80)70(21)46(31-36(7)8)59(82)71(22)47(32-37(9)10)60(83)72(23)50(39(13)14)62(85)73(51)24;1-7-21-17(3)25-13-26-19(5)23(9-11-33(39)40)31(37-26)16-32-24(10-12-34(41)42)20(6)28(38-32)15-30-22(8-2)18(4)27(36-30)14-29(21)35-25;/h25,27,34-47,49-52,75H,26,28-33H2,1-24H3,(H,63,77)(H,64,76)(H,65,79)(H,66,78);7-8,13-16,35-36H,1-2,9-12H2,3-6H3,(H,39,40)(H,41,42);/q;;+2/p-2/b27-25+;;/t40-,41+,42-,43+,44+,45+,46+,47+,49+,50+,51+,52-;;/m1../s1. The molecule has 12 atom stereocenters. The number of carbonyl (C=O) groups excluding carboxylic acids is 13. The zero-order valence-electron chi connectivity index (χ0n) is 80.6. The van der Waals surface area contributed by atoms with Crippen molar-refractivity contribution >= 4 is 133 Å². The summed E-state index contributed by atoms with van der Waals surface area (Å²) in [5.41, 5.74) is 13.3. The quantitative estimate of drug-likeness (QED) is 0.0438. The van der Waals surface area contributed by atoms with Gasteiger partial charge in [0, 0.05) is 94.5 Å². The van der Waals surface area contributed by atoms with Gasteiger partial charge in [0.1, 0.15) is 60.4 Å². The molecule has 3 aromatic heterocycles. The number of carbonyl (C=O) groups is 13. The van der Waals surface area contributed by atoms with Crippen molar-refractivity contribution in [2.75, 3.05) is 55.9 Å². The van der Waals surface area contributed by atoms with E-state index in [0.717, 1.165) is 76.4 Å². The molecular formula is C96H143CoN15O16. The number of aliphatic hydroxyl groups is 1. The van der Waals surface area contributed by atoms with Gasteiger partial charge in [0.15, 0.2) is 0 Å². The first kappa shape index (κ1) is 110. The van der Waals surface area contributed by atoms with Crippen molar-refractivity contribution in [2.24, 2.45) is 41.4 Å². The van der Waals surface area contributed by atoms with Crippen LogP contribution in [0.2, 0.25) is 0 Å². The van der Waals surface area contributed by atoms with E-state index >= 15 is 9.59 Å². The van der Waals surface area contributed by atoms with Crippen LogP contribution in [0.15, 0.2) is 49.6 Å². The fourth-order valence-corrected chi connectivity index (χ4v) is 16.4. The smallest absolute Gasteiger partial charge is 0.550 e. The molecule has 1 saturated heterocycles. The zero-order chi connectivity index (χ0) is 96.3. The number of amides is 11. The molecule has 3 aliphatic rings. The fourth-order valence-electron chi connectivity index (χ4n) is 16.4. The topological polar surface area (TPSA) is 416 Å². The van der Waals surface area contributed by atoms with Crippen LogP contribution in [0.25, 0.3) is 56.5 Å². The summed E-state index contributed by atoms with van der Waals surface area (Å²) >= 11 is 0. The number of carboxylic acid groups (broad SMARTS) is 2. The van der Waals surface area contributed by atoms with Crippen LogP contribution in [0.3, 0.4) is 0 Å². The summed E-state index contributed by atoms with van der Waals surface area (Å²) in [4.78, 5) is 208. The van der Waals surface area contributed by atoms with E-state index in [2.05, 4.69) is 44.4 Å². The maximum Gasteiger partial charge on any atom is 2.00 e.